The Labute approximate surface area is 228 Å². The number of benzene rings is 2. The van der Waals surface area contributed by atoms with Crippen molar-refractivity contribution in [1.29, 1.82) is 0 Å². The van der Waals surface area contributed by atoms with Crippen LogP contribution in [0.3, 0.4) is 0 Å². The highest BCUT2D eigenvalue weighted by Gasteiger charge is 2.42. The van der Waals surface area contributed by atoms with Gasteiger partial charge in [0.15, 0.2) is 5.11 Å². The fourth-order valence-electron chi connectivity index (χ4n) is 4.76. The predicted octanol–water partition coefficient (Wildman–Crippen LogP) is 5.96. The maximum atomic E-state index is 12.3. The number of carbonyl (C=O) groups is 1. The van der Waals surface area contributed by atoms with Crippen LogP contribution in [0.25, 0.3) is 5.69 Å². The summed E-state index contributed by atoms with van der Waals surface area (Å²) in [6.45, 7) is 5.76. The van der Waals surface area contributed by atoms with Crippen LogP contribution in [0.2, 0.25) is 0 Å². The van der Waals surface area contributed by atoms with Crippen molar-refractivity contribution in [2.45, 2.75) is 32.9 Å². The Hall–Kier alpha value is -4.17. The fraction of sp³-hybridized carbons (Fsp3) is 0.233. The Morgan fingerprint density at radius 3 is 2.47 bits per heavy atom. The van der Waals surface area contributed by atoms with Gasteiger partial charge in [-0.1, -0.05) is 19.9 Å². The van der Waals surface area contributed by atoms with Gasteiger partial charge in [-0.25, -0.2) is 0 Å². The monoisotopic (exact) mass is 525 g/mol. The van der Waals surface area contributed by atoms with Gasteiger partial charge in [-0.3, -0.25) is 9.78 Å². The summed E-state index contributed by atoms with van der Waals surface area (Å²) in [5.74, 6) is 0.697. The summed E-state index contributed by atoms with van der Waals surface area (Å²) < 4.78 is 7.53. The van der Waals surface area contributed by atoms with Crippen LogP contribution in [0.4, 0.5) is 11.4 Å². The van der Waals surface area contributed by atoms with E-state index in [1.54, 1.807) is 13.3 Å². The molecule has 8 heteroatoms. The molecule has 2 aromatic carbocycles. The molecule has 2 N–H and O–H groups in total. The molecule has 0 aliphatic carbocycles. The Kier molecular flexibility index (Phi) is 7.15. The molecule has 0 bridgehead atoms. The zero-order chi connectivity index (χ0) is 26.8. The van der Waals surface area contributed by atoms with Crippen molar-refractivity contribution >= 4 is 34.6 Å². The van der Waals surface area contributed by atoms with Crippen molar-refractivity contribution in [3.8, 4) is 11.4 Å². The number of aromatic nitrogens is 2. The zero-order valence-electron chi connectivity index (χ0n) is 21.9. The first kappa shape index (κ1) is 25.5. The molecule has 38 heavy (non-hydrogen) atoms. The van der Waals surface area contributed by atoms with Gasteiger partial charge >= 0.3 is 0 Å². The second-order valence-corrected chi connectivity index (χ2v) is 10.0. The number of hydrogen-bond donors (Lipinski definition) is 2. The molecule has 1 fully saturated rings. The molecule has 1 saturated heterocycles. The molecule has 3 heterocycles. The van der Waals surface area contributed by atoms with E-state index in [9.17, 15) is 4.79 Å². The maximum absolute atomic E-state index is 12.3. The van der Waals surface area contributed by atoms with Crippen LogP contribution >= 0.6 is 12.2 Å². The Morgan fingerprint density at radius 2 is 1.82 bits per heavy atom. The van der Waals surface area contributed by atoms with E-state index < -0.39 is 0 Å². The van der Waals surface area contributed by atoms with Crippen molar-refractivity contribution in [2.24, 2.45) is 5.92 Å². The number of anilines is 2. The lowest BCUT2D eigenvalue weighted by molar-refractivity contribution is -0.118. The molecule has 1 amide bonds. The van der Waals surface area contributed by atoms with Crippen molar-refractivity contribution in [3.63, 3.8) is 0 Å². The third kappa shape index (κ3) is 4.87. The van der Waals surface area contributed by atoms with E-state index in [0.717, 1.165) is 39.8 Å². The largest absolute Gasteiger partial charge is 0.497 e. The molecule has 1 aliphatic heterocycles. The molecular formula is C30H31N5O2S. The van der Waals surface area contributed by atoms with Crippen LogP contribution in [0.1, 0.15) is 42.9 Å². The van der Waals surface area contributed by atoms with E-state index >= 15 is 0 Å². The summed E-state index contributed by atoms with van der Waals surface area (Å²) in [5.41, 5.74) is 5.69. The highest BCUT2D eigenvalue weighted by Crippen LogP contribution is 2.43. The highest BCUT2D eigenvalue weighted by atomic mass is 32.1. The summed E-state index contributed by atoms with van der Waals surface area (Å²) in [4.78, 5) is 19.1. The first-order chi connectivity index (χ1) is 18.4. The van der Waals surface area contributed by atoms with Gasteiger partial charge in [0.25, 0.3) is 0 Å². The van der Waals surface area contributed by atoms with Crippen LogP contribution in [0.15, 0.2) is 85.2 Å². The van der Waals surface area contributed by atoms with Crippen LogP contribution in [-0.2, 0) is 4.79 Å². The number of methoxy groups -OCH3 is 1. The van der Waals surface area contributed by atoms with E-state index in [1.807, 2.05) is 81.4 Å². The van der Waals surface area contributed by atoms with E-state index in [2.05, 4.69) is 43.4 Å². The van der Waals surface area contributed by atoms with Crippen molar-refractivity contribution in [1.82, 2.24) is 14.9 Å². The zero-order valence-corrected chi connectivity index (χ0v) is 22.7. The van der Waals surface area contributed by atoms with Gasteiger partial charge in [-0.15, -0.1) is 0 Å². The molecule has 1 aliphatic rings. The van der Waals surface area contributed by atoms with Gasteiger partial charge in [0.05, 0.1) is 18.8 Å². The topological polar surface area (TPSA) is 71.4 Å². The molecule has 5 rings (SSSR count). The lowest BCUT2D eigenvalue weighted by Crippen LogP contribution is -2.30. The normalized spacial score (nSPS) is 17.0. The highest BCUT2D eigenvalue weighted by molar-refractivity contribution is 7.80. The average Bonchev–Trinajstić information content (AvgIpc) is 3.54. The maximum Gasteiger partial charge on any atom is 0.226 e. The van der Waals surface area contributed by atoms with Gasteiger partial charge in [0.2, 0.25) is 5.91 Å². The molecular weight excluding hydrogens is 494 g/mol. The lowest BCUT2D eigenvalue weighted by Gasteiger charge is -2.29. The van der Waals surface area contributed by atoms with E-state index in [-0.39, 0.29) is 23.9 Å². The summed E-state index contributed by atoms with van der Waals surface area (Å²) in [7, 11) is 1.66. The molecule has 2 atom stereocenters. The van der Waals surface area contributed by atoms with Gasteiger partial charge in [0, 0.05) is 41.1 Å². The molecule has 2 unspecified atom stereocenters. The smallest absolute Gasteiger partial charge is 0.226 e. The summed E-state index contributed by atoms with van der Waals surface area (Å²) >= 11 is 5.92. The summed E-state index contributed by atoms with van der Waals surface area (Å²) in [6, 6.07) is 23.8. The number of amides is 1. The first-order valence-electron chi connectivity index (χ1n) is 12.6. The van der Waals surface area contributed by atoms with Gasteiger partial charge in [-0.2, -0.15) is 0 Å². The van der Waals surface area contributed by atoms with Crippen LogP contribution < -0.4 is 20.3 Å². The summed E-state index contributed by atoms with van der Waals surface area (Å²) in [5, 5.41) is 7.17. The number of thiocarbonyl (C=S) groups is 1. The van der Waals surface area contributed by atoms with Crippen LogP contribution in [0, 0.1) is 12.8 Å². The quantitative estimate of drug-likeness (QED) is 0.290. The Balaban J connectivity index is 1.59. The minimum atomic E-state index is -0.176. The number of hydrogen-bond acceptors (Lipinski definition) is 4. The second-order valence-electron chi connectivity index (χ2n) is 9.64. The third-order valence-corrected chi connectivity index (χ3v) is 7.12. The number of ether oxygens (including phenoxy) is 1. The number of rotatable bonds is 7. The lowest BCUT2D eigenvalue weighted by atomic mass is 10.00. The number of nitrogens with one attached hydrogen (secondary N) is 2. The summed E-state index contributed by atoms with van der Waals surface area (Å²) in [6.07, 6.45) is 3.86. The number of aryl methyl sites for hydroxylation is 1. The van der Waals surface area contributed by atoms with Crippen LogP contribution in [0.5, 0.6) is 5.75 Å². The SMILES string of the molecule is COc1ccc(-n2cccc2C2C(c3ccccn3)NC(=S)N2c2ccc(NC(=O)C(C)C)c(C)c2)cc1. The standard InChI is InChI=1S/C30H31N5O2S/c1-19(2)29(36)32-24-15-12-22(18-20(24)3)35-28(27(33-30(35)38)25-8-5-6-16-31-25)26-9-7-17-34(26)21-10-13-23(37-4)14-11-21/h5-19,27-28H,1-4H3,(H,32,36)(H,33,38). The van der Waals surface area contributed by atoms with Crippen molar-refractivity contribution < 1.29 is 9.53 Å². The number of pyridine rings is 1. The molecule has 4 aromatic rings. The van der Waals surface area contributed by atoms with Gasteiger partial charge in [0.1, 0.15) is 11.8 Å². The molecule has 7 nitrogen and oxygen atoms in total. The van der Waals surface area contributed by atoms with Crippen molar-refractivity contribution in [2.75, 3.05) is 17.3 Å². The average molecular weight is 526 g/mol. The van der Waals surface area contributed by atoms with Crippen LogP contribution in [-0.4, -0.2) is 27.7 Å². The van der Waals surface area contributed by atoms with Gasteiger partial charge < -0.3 is 24.8 Å². The first-order valence-corrected chi connectivity index (χ1v) is 13.0. The second kappa shape index (κ2) is 10.7. The predicted molar refractivity (Wildman–Crippen MR) is 155 cm³/mol. The van der Waals surface area contributed by atoms with Gasteiger partial charge in [-0.05, 0) is 91.4 Å². The Bertz CT molecular complexity index is 1450. The fourth-order valence-corrected chi connectivity index (χ4v) is 5.11. The number of carbonyl (C=O) groups excluding carboxylic acids is 1. The van der Waals surface area contributed by atoms with E-state index in [0.29, 0.717) is 5.11 Å². The molecule has 0 saturated carbocycles. The molecule has 0 radical (unpaired) electrons. The Morgan fingerprint density at radius 1 is 1.05 bits per heavy atom. The van der Waals surface area contributed by atoms with E-state index in [1.165, 1.54) is 0 Å². The molecule has 2 aromatic heterocycles. The molecule has 194 valence electrons. The van der Waals surface area contributed by atoms with Crippen molar-refractivity contribution in [3.05, 3.63) is 102 Å². The number of nitrogens with zero attached hydrogens (tertiary/aromatic N) is 3. The minimum Gasteiger partial charge on any atom is -0.497 e. The third-order valence-electron chi connectivity index (χ3n) is 6.80. The minimum absolute atomic E-state index is 0.00961. The molecule has 0 spiro atoms. The van der Waals surface area contributed by atoms with E-state index in [4.69, 9.17) is 17.0 Å².